The van der Waals surface area contributed by atoms with Crippen molar-refractivity contribution in [3.8, 4) is 0 Å². The third-order valence-electron chi connectivity index (χ3n) is 3.41. The summed E-state index contributed by atoms with van der Waals surface area (Å²) in [5, 5.41) is 0.246. The van der Waals surface area contributed by atoms with E-state index in [2.05, 4.69) is 0 Å². The van der Waals surface area contributed by atoms with Gasteiger partial charge in [0.05, 0.1) is 5.56 Å². The van der Waals surface area contributed by atoms with Crippen molar-refractivity contribution < 1.29 is 18.7 Å². The highest BCUT2D eigenvalue weighted by Crippen LogP contribution is 2.25. The number of rotatable bonds is 2. The summed E-state index contributed by atoms with van der Waals surface area (Å²) < 4.78 is 19.1. The summed E-state index contributed by atoms with van der Waals surface area (Å²) in [6, 6.07) is 3.99. The molecule has 1 unspecified atom stereocenters. The molecule has 0 bridgehead atoms. The predicted molar refractivity (Wildman–Crippen MR) is 81.7 cm³/mol. The van der Waals surface area contributed by atoms with Gasteiger partial charge >= 0.3 is 6.09 Å². The number of likely N-dealkylation sites (tertiary alicyclic amines) is 1. The minimum Gasteiger partial charge on any atom is -0.444 e. The van der Waals surface area contributed by atoms with E-state index in [1.165, 1.54) is 17.0 Å². The van der Waals surface area contributed by atoms with Gasteiger partial charge in [-0.2, -0.15) is 0 Å². The number of carbonyl (C=O) groups excluding carboxylic acids is 2. The molecule has 1 fully saturated rings. The highest BCUT2D eigenvalue weighted by Gasteiger charge is 2.34. The zero-order valence-electron chi connectivity index (χ0n) is 12.9. The van der Waals surface area contributed by atoms with Crippen molar-refractivity contribution in [2.24, 2.45) is 5.92 Å². The molecule has 4 nitrogen and oxygen atoms in total. The molecule has 120 valence electrons. The van der Waals surface area contributed by atoms with Gasteiger partial charge in [0.1, 0.15) is 11.4 Å². The van der Waals surface area contributed by atoms with Gasteiger partial charge in [0.2, 0.25) is 0 Å². The lowest BCUT2D eigenvalue weighted by atomic mass is 9.96. The summed E-state index contributed by atoms with van der Waals surface area (Å²) >= 11 is 5.69. The maximum atomic E-state index is 13.8. The molecule has 0 aliphatic carbocycles. The monoisotopic (exact) mass is 327 g/mol. The quantitative estimate of drug-likeness (QED) is 0.773. The van der Waals surface area contributed by atoms with Crippen LogP contribution in [0, 0.1) is 11.7 Å². The van der Waals surface area contributed by atoms with E-state index >= 15 is 0 Å². The fraction of sp³-hybridized carbons (Fsp3) is 0.500. The summed E-state index contributed by atoms with van der Waals surface area (Å²) in [5.41, 5.74) is -0.568. The normalized spacial score (nSPS) is 18.4. The molecule has 1 aliphatic heterocycles. The number of nitrogens with zero attached hydrogens (tertiary/aromatic N) is 1. The molecule has 1 heterocycles. The zero-order chi connectivity index (χ0) is 16.5. The Balaban J connectivity index is 2.03. The molecule has 1 aliphatic rings. The second-order valence-corrected chi connectivity index (χ2v) is 6.84. The van der Waals surface area contributed by atoms with Crippen LogP contribution >= 0.6 is 11.6 Å². The molecule has 0 aromatic heterocycles. The number of carbonyl (C=O) groups is 2. The van der Waals surface area contributed by atoms with Gasteiger partial charge in [-0.15, -0.1) is 0 Å². The highest BCUT2D eigenvalue weighted by molar-refractivity contribution is 6.30. The third-order valence-corrected chi connectivity index (χ3v) is 3.64. The van der Waals surface area contributed by atoms with Gasteiger partial charge in [0.25, 0.3) is 0 Å². The molecule has 1 aromatic rings. The van der Waals surface area contributed by atoms with Gasteiger partial charge in [0.15, 0.2) is 5.78 Å². The Labute approximate surface area is 134 Å². The number of benzene rings is 1. The van der Waals surface area contributed by atoms with E-state index in [9.17, 15) is 14.0 Å². The molecule has 1 aromatic carbocycles. The van der Waals surface area contributed by atoms with Gasteiger partial charge in [-0.3, -0.25) is 4.79 Å². The second kappa shape index (κ2) is 6.24. The number of Topliss-reactive ketones (excluding diaryl/α,β-unsaturated/α-hetero) is 1. The maximum Gasteiger partial charge on any atom is 0.410 e. The number of ether oxygens (including phenoxy) is 1. The van der Waals surface area contributed by atoms with Crippen molar-refractivity contribution in [2.45, 2.75) is 32.8 Å². The van der Waals surface area contributed by atoms with Gasteiger partial charge < -0.3 is 9.64 Å². The van der Waals surface area contributed by atoms with Crippen LogP contribution in [0.15, 0.2) is 18.2 Å². The lowest BCUT2D eigenvalue weighted by Gasteiger charge is -2.24. The first kappa shape index (κ1) is 16.7. The molecule has 0 spiro atoms. The number of hydrogen-bond donors (Lipinski definition) is 0. The zero-order valence-corrected chi connectivity index (χ0v) is 13.6. The lowest BCUT2D eigenvalue weighted by Crippen LogP contribution is -2.35. The van der Waals surface area contributed by atoms with Crippen LogP contribution in [0.2, 0.25) is 5.02 Å². The summed E-state index contributed by atoms with van der Waals surface area (Å²) in [7, 11) is 0. The van der Waals surface area contributed by atoms with Gasteiger partial charge in [-0.1, -0.05) is 11.6 Å². The van der Waals surface area contributed by atoms with Crippen molar-refractivity contribution in [1.82, 2.24) is 4.90 Å². The van der Waals surface area contributed by atoms with E-state index in [0.717, 1.165) is 6.07 Å². The standard InChI is InChI=1S/C16H19ClFNO3/c1-16(2,3)22-15(21)19-7-6-10(9-19)14(20)12-5-4-11(17)8-13(12)18/h4-5,8,10H,6-7,9H2,1-3H3. The molecule has 22 heavy (non-hydrogen) atoms. The summed E-state index contributed by atoms with van der Waals surface area (Å²) in [6.45, 7) is 6.03. The van der Waals surface area contributed by atoms with Crippen molar-refractivity contribution in [3.63, 3.8) is 0 Å². The van der Waals surface area contributed by atoms with Crippen molar-refractivity contribution in [1.29, 1.82) is 0 Å². The topological polar surface area (TPSA) is 46.6 Å². The molecule has 6 heteroatoms. The van der Waals surface area contributed by atoms with E-state index in [1.807, 2.05) is 0 Å². The Morgan fingerprint density at radius 2 is 2.05 bits per heavy atom. The highest BCUT2D eigenvalue weighted by atomic mass is 35.5. The van der Waals surface area contributed by atoms with Gasteiger partial charge in [-0.25, -0.2) is 9.18 Å². The van der Waals surface area contributed by atoms with E-state index in [0.29, 0.717) is 13.0 Å². The smallest absolute Gasteiger partial charge is 0.410 e. The van der Waals surface area contributed by atoms with Crippen LogP contribution < -0.4 is 0 Å². The third kappa shape index (κ3) is 3.97. The molecule has 0 saturated carbocycles. The minimum atomic E-state index is -0.631. The number of hydrogen-bond acceptors (Lipinski definition) is 3. The molecular weight excluding hydrogens is 309 g/mol. The van der Waals surface area contributed by atoms with Crippen LogP contribution in [-0.4, -0.2) is 35.5 Å². The van der Waals surface area contributed by atoms with E-state index in [1.54, 1.807) is 20.8 Å². The molecular formula is C16H19ClFNO3. The maximum absolute atomic E-state index is 13.8. The first-order valence-electron chi connectivity index (χ1n) is 7.14. The fourth-order valence-electron chi connectivity index (χ4n) is 2.38. The van der Waals surface area contributed by atoms with Gasteiger partial charge in [0, 0.05) is 24.0 Å². The molecule has 1 saturated heterocycles. The van der Waals surface area contributed by atoms with Gasteiger partial charge in [-0.05, 0) is 45.4 Å². The Bertz CT molecular complexity index is 598. The number of ketones is 1. The first-order chi connectivity index (χ1) is 10.2. The molecule has 0 radical (unpaired) electrons. The Hall–Kier alpha value is -1.62. The number of amides is 1. The van der Waals surface area contributed by atoms with Crippen molar-refractivity contribution >= 4 is 23.5 Å². The van der Waals surface area contributed by atoms with Crippen LogP contribution in [0.5, 0.6) is 0 Å². The largest absolute Gasteiger partial charge is 0.444 e. The lowest BCUT2D eigenvalue weighted by molar-refractivity contribution is 0.0289. The number of halogens is 2. The average molecular weight is 328 g/mol. The predicted octanol–water partition coefficient (Wildman–Crippen LogP) is 3.92. The summed E-state index contributed by atoms with van der Waals surface area (Å²) in [5.74, 6) is -1.35. The Morgan fingerprint density at radius 3 is 2.64 bits per heavy atom. The molecule has 0 N–H and O–H groups in total. The van der Waals surface area contributed by atoms with Crippen LogP contribution in [0.3, 0.4) is 0 Å². The van der Waals surface area contributed by atoms with Crippen LogP contribution in [0.4, 0.5) is 9.18 Å². The van der Waals surface area contributed by atoms with Crippen molar-refractivity contribution in [3.05, 3.63) is 34.6 Å². The Morgan fingerprint density at radius 1 is 1.36 bits per heavy atom. The Kier molecular flexibility index (Phi) is 4.75. The van der Waals surface area contributed by atoms with E-state index in [4.69, 9.17) is 16.3 Å². The summed E-state index contributed by atoms with van der Waals surface area (Å²) in [6.07, 6.45) is 0.0551. The van der Waals surface area contributed by atoms with Crippen LogP contribution in [0.25, 0.3) is 0 Å². The molecule has 1 amide bonds. The molecule has 2 rings (SSSR count). The van der Waals surface area contributed by atoms with E-state index < -0.39 is 23.4 Å². The SMILES string of the molecule is CC(C)(C)OC(=O)N1CCC(C(=O)c2ccc(Cl)cc2F)C1. The first-order valence-corrected chi connectivity index (χ1v) is 7.52. The molecule has 1 atom stereocenters. The second-order valence-electron chi connectivity index (χ2n) is 6.40. The van der Waals surface area contributed by atoms with E-state index in [-0.39, 0.29) is 22.9 Å². The summed E-state index contributed by atoms with van der Waals surface area (Å²) in [4.78, 5) is 25.8. The fourth-order valence-corrected chi connectivity index (χ4v) is 2.53. The van der Waals surface area contributed by atoms with Crippen LogP contribution in [-0.2, 0) is 4.74 Å². The average Bonchev–Trinajstić information content (AvgIpc) is 2.85. The van der Waals surface area contributed by atoms with Crippen molar-refractivity contribution in [2.75, 3.05) is 13.1 Å². The minimum absolute atomic E-state index is 0.0143. The van der Waals surface area contributed by atoms with Crippen LogP contribution in [0.1, 0.15) is 37.6 Å².